The third kappa shape index (κ3) is 6.00. The zero-order valence-electron chi connectivity index (χ0n) is 17.1. The van der Waals surface area contributed by atoms with Crippen LogP contribution in [-0.4, -0.2) is 48.5 Å². The van der Waals surface area contributed by atoms with Crippen LogP contribution >= 0.6 is 24.8 Å². The van der Waals surface area contributed by atoms with Crippen LogP contribution in [0.3, 0.4) is 0 Å². The number of hydrogen-bond donors (Lipinski definition) is 2. The van der Waals surface area contributed by atoms with Crippen molar-refractivity contribution < 1.29 is 4.79 Å². The number of piperazine rings is 1. The van der Waals surface area contributed by atoms with Gasteiger partial charge in [0.15, 0.2) is 0 Å². The molecule has 0 bridgehead atoms. The zero-order valence-corrected chi connectivity index (χ0v) is 18.8. The molecule has 1 aromatic heterocycles. The molecular formula is C22H31Cl2N5O. The van der Waals surface area contributed by atoms with E-state index in [9.17, 15) is 4.79 Å². The highest BCUT2D eigenvalue weighted by Crippen LogP contribution is 2.31. The Bertz CT molecular complexity index is 812. The molecule has 1 fully saturated rings. The van der Waals surface area contributed by atoms with E-state index in [1.54, 1.807) is 0 Å². The van der Waals surface area contributed by atoms with Gasteiger partial charge in [-0.3, -0.25) is 9.69 Å². The van der Waals surface area contributed by atoms with E-state index >= 15 is 0 Å². The number of nitrogens with zero attached hydrogens (tertiary/aromatic N) is 3. The van der Waals surface area contributed by atoms with E-state index < -0.39 is 0 Å². The standard InChI is InChI=1S/C22H29N5O.2ClH/c23-18-7-8-19-17(16-18)4-3-5-20(19)25-22(28)9-11-26-12-14-27(15-13-26)21-6-1-2-10-24-21;;/h1-2,6-8,10,16,20H,3-5,9,11-15,23H2,(H,25,28);2*1H. The van der Waals surface area contributed by atoms with Crippen molar-refractivity contribution in [2.24, 2.45) is 0 Å². The van der Waals surface area contributed by atoms with E-state index in [1.165, 1.54) is 11.1 Å². The lowest BCUT2D eigenvalue weighted by Crippen LogP contribution is -2.47. The van der Waals surface area contributed by atoms with E-state index in [-0.39, 0.29) is 36.8 Å². The first-order valence-electron chi connectivity index (χ1n) is 10.2. The Balaban J connectivity index is 0.00000160. The van der Waals surface area contributed by atoms with Gasteiger partial charge in [0.2, 0.25) is 5.91 Å². The van der Waals surface area contributed by atoms with Gasteiger partial charge in [-0.2, -0.15) is 0 Å². The summed E-state index contributed by atoms with van der Waals surface area (Å²) < 4.78 is 0. The van der Waals surface area contributed by atoms with Crippen LogP contribution in [0.25, 0.3) is 0 Å². The van der Waals surface area contributed by atoms with Gasteiger partial charge < -0.3 is 16.0 Å². The lowest BCUT2D eigenvalue weighted by molar-refractivity contribution is -0.122. The third-order valence-corrected chi connectivity index (χ3v) is 5.82. The van der Waals surface area contributed by atoms with Crippen LogP contribution < -0.4 is 16.0 Å². The first-order chi connectivity index (χ1) is 13.7. The smallest absolute Gasteiger partial charge is 0.221 e. The molecule has 2 heterocycles. The Labute approximate surface area is 191 Å². The maximum atomic E-state index is 12.5. The normalized spacial score (nSPS) is 18.5. The number of carbonyl (C=O) groups is 1. The highest BCUT2D eigenvalue weighted by Gasteiger charge is 2.23. The SMILES string of the molecule is Cl.Cl.Nc1ccc2c(c1)CCCC2NC(=O)CCN1CCN(c2ccccn2)CC1. The summed E-state index contributed by atoms with van der Waals surface area (Å²) in [4.78, 5) is 21.6. The summed E-state index contributed by atoms with van der Waals surface area (Å²) in [5.41, 5.74) is 9.22. The van der Waals surface area contributed by atoms with Crippen LogP contribution in [0.5, 0.6) is 0 Å². The molecule has 3 N–H and O–H groups in total. The number of amides is 1. The number of nitrogen functional groups attached to an aromatic ring is 1. The predicted octanol–water partition coefficient (Wildman–Crippen LogP) is 3.21. The average molecular weight is 452 g/mol. The van der Waals surface area contributed by atoms with Crippen LogP contribution in [0, 0.1) is 0 Å². The fourth-order valence-electron chi connectivity index (χ4n) is 4.25. The molecule has 1 aromatic carbocycles. The molecular weight excluding hydrogens is 421 g/mol. The summed E-state index contributed by atoms with van der Waals surface area (Å²) in [7, 11) is 0. The number of rotatable bonds is 5. The molecule has 1 atom stereocenters. The molecule has 2 aromatic rings. The van der Waals surface area contributed by atoms with Gasteiger partial charge in [-0.25, -0.2) is 4.98 Å². The second-order valence-electron chi connectivity index (χ2n) is 7.74. The molecule has 1 unspecified atom stereocenters. The topological polar surface area (TPSA) is 74.5 Å². The van der Waals surface area contributed by atoms with Crippen molar-refractivity contribution in [3.63, 3.8) is 0 Å². The number of anilines is 2. The third-order valence-electron chi connectivity index (χ3n) is 5.82. The van der Waals surface area contributed by atoms with E-state index in [0.717, 1.165) is 63.5 Å². The van der Waals surface area contributed by atoms with Gasteiger partial charge in [-0.15, -0.1) is 24.8 Å². The van der Waals surface area contributed by atoms with Gasteiger partial charge in [0, 0.05) is 51.0 Å². The number of fused-ring (bicyclic) bond motifs is 1. The highest BCUT2D eigenvalue weighted by atomic mass is 35.5. The van der Waals surface area contributed by atoms with Crippen LogP contribution in [0.4, 0.5) is 11.5 Å². The minimum atomic E-state index is 0. The molecule has 30 heavy (non-hydrogen) atoms. The summed E-state index contributed by atoms with van der Waals surface area (Å²) >= 11 is 0. The molecule has 1 aliphatic heterocycles. The summed E-state index contributed by atoms with van der Waals surface area (Å²) in [5, 5.41) is 3.24. The molecule has 4 rings (SSSR count). The van der Waals surface area contributed by atoms with Crippen molar-refractivity contribution in [1.29, 1.82) is 0 Å². The maximum absolute atomic E-state index is 12.5. The van der Waals surface area contributed by atoms with Crippen molar-refractivity contribution in [2.75, 3.05) is 43.4 Å². The van der Waals surface area contributed by atoms with Crippen molar-refractivity contribution >= 4 is 42.2 Å². The Morgan fingerprint density at radius 2 is 1.93 bits per heavy atom. The summed E-state index contributed by atoms with van der Waals surface area (Å²) in [6.07, 6.45) is 5.53. The summed E-state index contributed by atoms with van der Waals surface area (Å²) in [5.74, 6) is 1.18. The second-order valence-corrected chi connectivity index (χ2v) is 7.74. The monoisotopic (exact) mass is 451 g/mol. The number of pyridine rings is 1. The molecule has 0 radical (unpaired) electrons. The Kier molecular flexibility index (Phi) is 9.21. The summed E-state index contributed by atoms with van der Waals surface area (Å²) in [6, 6.07) is 12.2. The number of carbonyl (C=O) groups excluding carboxylic acids is 1. The minimum absolute atomic E-state index is 0. The van der Waals surface area contributed by atoms with Gasteiger partial charge in [-0.1, -0.05) is 12.1 Å². The van der Waals surface area contributed by atoms with Gasteiger partial charge in [-0.05, 0) is 54.7 Å². The molecule has 0 saturated carbocycles. The van der Waals surface area contributed by atoms with Crippen molar-refractivity contribution in [1.82, 2.24) is 15.2 Å². The molecule has 164 valence electrons. The maximum Gasteiger partial charge on any atom is 0.221 e. The van der Waals surface area contributed by atoms with E-state index in [1.807, 2.05) is 24.4 Å². The first kappa shape index (κ1) is 24.3. The quantitative estimate of drug-likeness (QED) is 0.682. The number of hydrogen-bond acceptors (Lipinski definition) is 5. The molecule has 6 nitrogen and oxygen atoms in total. The Hall–Kier alpha value is -2.02. The number of aryl methyl sites for hydroxylation is 1. The molecule has 0 spiro atoms. The number of aromatic nitrogens is 1. The average Bonchev–Trinajstić information content (AvgIpc) is 2.73. The van der Waals surface area contributed by atoms with E-state index in [4.69, 9.17) is 5.73 Å². The Morgan fingerprint density at radius 1 is 1.13 bits per heavy atom. The lowest BCUT2D eigenvalue weighted by atomic mass is 9.87. The number of nitrogens with two attached hydrogens (primary N) is 1. The van der Waals surface area contributed by atoms with Crippen LogP contribution in [0.1, 0.15) is 36.4 Å². The number of benzene rings is 1. The predicted molar refractivity (Wildman–Crippen MR) is 127 cm³/mol. The van der Waals surface area contributed by atoms with E-state index in [2.05, 4.69) is 38.3 Å². The van der Waals surface area contributed by atoms with Gasteiger partial charge in [0.1, 0.15) is 5.82 Å². The number of halogens is 2. The Morgan fingerprint density at radius 3 is 2.67 bits per heavy atom. The van der Waals surface area contributed by atoms with Crippen LogP contribution in [0.15, 0.2) is 42.6 Å². The fraction of sp³-hybridized carbons (Fsp3) is 0.455. The fourth-order valence-corrected chi connectivity index (χ4v) is 4.25. The zero-order chi connectivity index (χ0) is 19.3. The molecule has 1 amide bonds. The number of nitrogens with one attached hydrogen (secondary N) is 1. The second kappa shape index (κ2) is 11.4. The van der Waals surface area contributed by atoms with Crippen molar-refractivity contribution in [3.8, 4) is 0 Å². The molecule has 1 saturated heterocycles. The van der Waals surface area contributed by atoms with Crippen molar-refractivity contribution in [3.05, 3.63) is 53.7 Å². The minimum Gasteiger partial charge on any atom is -0.399 e. The van der Waals surface area contributed by atoms with Gasteiger partial charge in [0.05, 0.1) is 6.04 Å². The van der Waals surface area contributed by atoms with E-state index in [0.29, 0.717) is 6.42 Å². The van der Waals surface area contributed by atoms with Crippen molar-refractivity contribution in [2.45, 2.75) is 31.7 Å². The lowest BCUT2D eigenvalue weighted by Gasteiger charge is -2.35. The van der Waals surface area contributed by atoms with Crippen LogP contribution in [-0.2, 0) is 11.2 Å². The first-order valence-corrected chi connectivity index (χ1v) is 10.2. The largest absolute Gasteiger partial charge is 0.399 e. The molecule has 8 heteroatoms. The summed E-state index contributed by atoms with van der Waals surface area (Å²) in [6.45, 7) is 4.65. The highest BCUT2D eigenvalue weighted by molar-refractivity contribution is 5.85. The van der Waals surface area contributed by atoms with Gasteiger partial charge >= 0.3 is 0 Å². The van der Waals surface area contributed by atoms with Crippen LogP contribution in [0.2, 0.25) is 0 Å². The molecule has 2 aliphatic rings. The molecule has 1 aliphatic carbocycles. The van der Waals surface area contributed by atoms with Gasteiger partial charge in [0.25, 0.3) is 0 Å².